The summed E-state index contributed by atoms with van der Waals surface area (Å²) in [6.07, 6.45) is 1.38. The van der Waals surface area contributed by atoms with Gasteiger partial charge in [0.1, 0.15) is 0 Å². The van der Waals surface area contributed by atoms with E-state index in [0.717, 1.165) is 5.01 Å². The zero-order valence-electron chi connectivity index (χ0n) is 8.33. The maximum absolute atomic E-state index is 11.5. The number of amides is 1. The van der Waals surface area contributed by atoms with Crippen molar-refractivity contribution in [2.45, 2.75) is 12.8 Å². The average molecular weight is 219 g/mol. The molecule has 0 spiro atoms. The lowest BCUT2D eigenvalue weighted by Gasteiger charge is -2.08. The molecule has 1 N–H and O–H groups in total. The topological polar surface area (TPSA) is 82.9 Å². The molecule has 2 rings (SSSR count). The number of rotatable bonds is 3. The van der Waals surface area contributed by atoms with Crippen molar-refractivity contribution >= 4 is 23.4 Å². The van der Waals surface area contributed by atoms with Gasteiger partial charge in [-0.15, -0.1) is 0 Å². The van der Waals surface area contributed by atoms with Crippen LogP contribution in [0.1, 0.15) is 12.8 Å². The molecule has 1 aliphatic rings. The summed E-state index contributed by atoms with van der Waals surface area (Å²) in [6.45, 7) is 0. The van der Waals surface area contributed by atoms with E-state index < -0.39 is 5.97 Å². The number of anilines is 1. The second-order valence-electron chi connectivity index (χ2n) is 3.31. The summed E-state index contributed by atoms with van der Waals surface area (Å²) in [5.74, 6) is -0.836. The summed E-state index contributed by atoms with van der Waals surface area (Å²) in [7, 11) is 0. The minimum atomic E-state index is -0.991. The molecule has 0 saturated carbocycles. The number of aliphatic carboxylic acids is 1. The Labute approximate surface area is 91.2 Å². The molecule has 6 nitrogen and oxygen atoms in total. The molecule has 1 aromatic heterocycles. The minimum absolute atomic E-state index is 0.0445. The summed E-state index contributed by atoms with van der Waals surface area (Å²) in [4.78, 5) is 26.0. The number of pyridine rings is 1. The molecular weight excluding hydrogens is 210 g/mol. The van der Waals surface area contributed by atoms with Crippen molar-refractivity contribution in [2.75, 3.05) is 5.01 Å². The zero-order chi connectivity index (χ0) is 11.5. The molecule has 1 aromatic rings. The van der Waals surface area contributed by atoms with Crippen LogP contribution in [-0.2, 0) is 9.59 Å². The van der Waals surface area contributed by atoms with Crippen molar-refractivity contribution in [3.8, 4) is 0 Å². The van der Waals surface area contributed by atoms with Gasteiger partial charge in [-0.25, -0.2) is 4.98 Å². The fourth-order valence-electron chi connectivity index (χ4n) is 1.41. The van der Waals surface area contributed by atoms with Gasteiger partial charge in [0.05, 0.1) is 18.6 Å². The van der Waals surface area contributed by atoms with Crippen LogP contribution in [0.15, 0.2) is 29.5 Å². The van der Waals surface area contributed by atoms with E-state index in [1.807, 2.05) is 0 Å². The van der Waals surface area contributed by atoms with E-state index in [9.17, 15) is 9.59 Å². The second-order valence-corrected chi connectivity index (χ2v) is 3.31. The first-order valence-electron chi connectivity index (χ1n) is 4.69. The van der Waals surface area contributed by atoms with Gasteiger partial charge >= 0.3 is 5.97 Å². The van der Waals surface area contributed by atoms with Crippen LogP contribution in [0, 0.1) is 0 Å². The number of hydrogen-bond donors (Lipinski definition) is 1. The summed E-state index contributed by atoms with van der Waals surface area (Å²) in [5, 5.41) is 13.7. The highest BCUT2D eigenvalue weighted by Crippen LogP contribution is 2.18. The summed E-state index contributed by atoms with van der Waals surface area (Å²) in [6, 6.07) is 5.11. The molecule has 0 unspecified atom stereocenters. The van der Waals surface area contributed by atoms with E-state index in [1.54, 1.807) is 24.4 Å². The Hall–Kier alpha value is -2.24. The smallest absolute Gasteiger partial charge is 0.309 e. The van der Waals surface area contributed by atoms with Crippen molar-refractivity contribution in [2.24, 2.45) is 5.10 Å². The predicted molar refractivity (Wildman–Crippen MR) is 56.0 cm³/mol. The number of hydrogen-bond acceptors (Lipinski definition) is 4. The molecular formula is C10H9N3O3. The van der Waals surface area contributed by atoms with Crippen LogP contribution in [0.3, 0.4) is 0 Å². The van der Waals surface area contributed by atoms with Crippen LogP contribution in [0.4, 0.5) is 5.82 Å². The Balaban J connectivity index is 2.20. The average Bonchev–Trinajstić information content (AvgIpc) is 2.60. The molecule has 1 aliphatic heterocycles. The van der Waals surface area contributed by atoms with E-state index in [-0.39, 0.29) is 18.7 Å². The quantitative estimate of drug-likeness (QED) is 0.808. The Morgan fingerprint density at radius 3 is 2.94 bits per heavy atom. The highest BCUT2D eigenvalue weighted by molar-refractivity contribution is 6.16. The zero-order valence-corrected chi connectivity index (χ0v) is 8.33. The molecule has 1 amide bonds. The Bertz CT molecular complexity index is 456. The van der Waals surface area contributed by atoms with Gasteiger partial charge in [0, 0.05) is 6.20 Å². The lowest BCUT2D eigenvalue weighted by atomic mass is 10.2. The van der Waals surface area contributed by atoms with E-state index >= 15 is 0 Å². The molecule has 0 bridgehead atoms. The van der Waals surface area contributed by atoms with Gasteiger partial charge in [0.15, 0.2) is 5.82 Å². The number of carbonyl (C=O) groups excluding carboxylic acids is 1. The highest BCUT2D eigenvalue weighted by Gasteiger charge is 2.26. The normalized spacial score (nSPS) is 15.1. The number of carboxylic acids is 1. The van der Waals surface area contributed by atoms with E-state index in [2.05, 4.69) is 10.1 Å². The molecule has 0 aliphatic carbocycles. The van der Waals surface area contributed by atoms with Gasteiger partial charge in [-0.1, -0.05) is 6.07 Å². The van der Waals surface area contributed by atoms with Crippen LogP contribution in [0.25, 0.3) is 0 Å². The SMILES string of the molecule is O=C(O)CC1=NN(c2ccccn2)C(=O)C1. The van der Waals surface area contributed by atoms with Gasteiger partial charge < -0.3 is 5.11 Å². The van der Waals surface area contributed by atoms with Crippen LogP contribution in [0.2, 0.25) is 0 Å². The summed E-state index contributed by atoms with van der Waals surface area (Å²) in [5.41, 5.74) is 0.350. The van der Waals surface area contributed by atoms with Gasteiger partial charge in [0.2, 0.25) is 0 Å². The lowest BCUT2D eigenvalue weighted by molar-refractivity contribution is -0.135. The number of nitrogens with zero attached hydrogens (tertiary/aromatic N) is 3. The molecule has 0 aromatic carbocycles. The summed E-state index contributed by atoms with van der Waals surface area (Å²) < 4.78 is 0. The monoisotopic (exact) mass is 219 g/mol. The van der Waals surface area contributed by atoms with E-state index in [0.29, 0.717) is 11.5 Å². The first-order valence-corrected chi connectivity index (χ1v) is 4.69. The number of hydrazone groups is 1. The molecule has 82 valence electrons. The molecule has 0 saturated heterocycles. The lowest BCUT2D eigenvalue weighted by Crippen LogP contribution is -2.20. The van der Waals surface area contributed by atoms with Crippen molar-refractivity contribution < 1.29 is 14.7 Å². The first kappa shape index (κ1) is 10.3. The maximum atomic E-state index is 11.5. The van der Waals surface area contributed by atoms with Crippen molar-refractivity contribution in [1.29, 1.82) is 0 Å². The fraction of sp³-hybridized carbons (Fsp3) is 0.200. The number of carbonyl (C=O) groups is 2. The van der Waals surface area contributed by atoms with Crippen molar-refractivity contribution in [3.63, 3.8) is 0 Å². The fourth-order valence-corrected chi connectivity index (χ4v) is 1.41. The standard InChI is InChI=1S/C10H9N3O3/c14-9-5-7(6-10(15)16)12-13(9)8-3-1-2-4-11-8/h1-4H,5-6H2,(H,15,16). The van der Waals surface area contributed by atoms with Crippen LogP contribution in [-0.4, -0.2) is 27.7 Å². The predicted octanol–water partition coefficient (Wildman–Crippen LogP) is 0.649. The van der Waals surface area contributed by atoms with Gasteiger partial charge in [-0.2, -0.15) is 10.1 Å². The number of aromatic nitrogens is 1. The Kier molecular flexibility index (Phi) is 2.63. The molecule has 0 fully saturated rings. The Morgan fingerprint density at radius 1 is 1.50 bits per heavy atom. The molecule has 0 atom stereocenters. The third-order valence-electron chi connectivity index (χ3n) is 2.05. The Morgan fingerprint density at radius 2 is 2.31 bits per heavy atom. The van der Waals surface area contributed by atoms with Crippen LogP contribution < -0.4 is 5.01 Å². The third kappa shape index (κ3) is 2.05. The van der Waals surface area contributed by atoms with Crippen LogP contribution >= 0.6 is 0 Å². The molecule has 6 heteroatoms. The van der Waals surface area contributed by atoms with Crippen molar-refractivity contribution in [1.82, 2.24) is 4.98 Å². The minimum Gasteiger partial charge on any atom is -0.481 e. The largest absolute Gasteiger partial charge is 0.481 e. The van der Waals surface area contributed by atoms with Gasteiger partial charge in [-0.3, -0.25) is 9.59 Å². The molecule has 0 radical (unpaired) electrons. The molecule has 2 heterocycles. The van der Waals surface area contributed by atoms with Gasteiger partial charge in [0.25, 0.3) is 5.91 Å². The molecule has 16 heavy (non-hydrogen) atoms. The van der Waals surface area contributed by atoms with Crippen LogP contribution in [0.5, 0.6) is 0 Å². The second kappa shape index (κ2) is 4.09. The van der Waals surface area contributed by atoms with Crippen molar-refractivity contribution in [3.05, 3.63) is 24.4 Å². The van der Waals surface area contributed by atoms with Gasteiger partial charge in [-0.05, 0) is 12.1 Å². The number of carboxylic acid groups (broad SMARTS) is 1. The third-order valence-corrected chi connectivity index (χ3v) is 2.05. The highest BCUT2D eigenvalue weighted by atomic mass is 16.4. The first-order chi connectivity index (χ1) is 7.66. The van der Waals surface area contributed by atoms with E-state index in [4.69, 9.17) is 5.11 Å². The summed E-state index contributed by atoms with van der Waals surface area (Å²) >= 11 is 0. The van der Waals surface area contributed by atoms with E-state index in [1.165, 1.54) is 0 Å². The maximum Gasteiger partial charge on any atom is 0.309 e.